The quantitative estimate of drug-likeness (QED) is 0.775. The molecule has 0 aromatic heterocycles. The molecule has 1 aromatic rings. The fourth-order valence-electron chi connectivity index (χ4n) is 3.09. The Bertz CT molecular complexity index is 477. The van der Waals surface area contributed by atoms with Gasteiger partial charge in [0.15, 0.2) is 0 Å². The first-order chi connectivity index (χ1) is 9.19. The second-order valence-electron chi connectivity index (χ2n) is 5.92. The minimum Gasteiger partial charge on any atom is -0.381 e. The van der Waals surface area contributed by atoms with Gasteiger partial charge in [-0.3, -0.25) is 4.79 Å². The molecule has 0 atom stereocenters. The average Bonchev–Trinajstić information content (AvgIpc) is 2.47. The molecule has 1 saturated heterocycles. The van der Waals surface area contributed by atoms with Crippen molar-refractivity contribution < 1.29 is 9.53 Å². The molecule has 0 aliphatic carbocycles. The van der Waals surface area contributed by atoms with Gasteiger partial charge in [-0.2, -0.15) is 0 Å². The third-order valence-corrected chi connectivity index (χ3v) is 4.53. The molecule has 1 aromatic carbocycles. The van der Waals surface area contributed by atoms with E-state index in [1.165, 1.54) is 11.1 Å². The predicted octanol–water partition coefficient (Wildman–Crippen LogP) is 2.39. The van der Waals surface area contributed by atoms with Crippen molar-refractivity contribution >= 4 is 5.91 Å². The topological polar surface area (TPSA) is 29.5 Å². The van der Waals surface area contributed by atoms with Gasteiger partial charge in [-0.05, 0) is 30.4 Å². The first-order valence-electron chi connectivity index (χ1n) is 7.13. The molecule has 0 N–H and O–H groups in total. The van der Waals surface area contributed by atoms with Gasteiger partial charge < -0.3 is 9.64 Å². The molecular formula is C16H21NO2. The molecule has 1 fully saturated rings. The van der Waals surface area contributed by atoms with Gasteiger partial charge in [0.2, 0.25) is 5.91 Å². The van der Waals surface area contributed by atoms with Gasteiger partial charge in [-0.25, -0.2) is 0 Å². The van der Waals surface area contributed by atoms with E-state index >= 15 is 0 Å². The molecule has 0 radical (unpaired) electrons. The summed E-state index contributed by atoms with van der Waals surface area (Å²) in [7, 11) is 0. The fourth-order valence-corrected chi connectivity index (χ4v) is 3.09. The van der Waals surface area contributed by atoms with E-state index in [-0.39, 0.29) is 5.41 Å². The summed E-state index contributed by atoms with van der Waals surface area (Å²) < 4.78 is 5.39. The van der Waals surface area contributed by atoms with Crippen LogP contribution in [0, 0.1) is 5.41 Å². The van der Waals surface area contributed by atoms with Crippen LogP contribution in [0.3, 0.4) is 0 Å². The van der Waals surface area contributed by atoms with Crippen molar-refractivity contribution in [3.8, 4) is 0 Å². The number of nitrogens with zero attached hydrogens (tertiary/aromatic N) is 1. The lowest BCUT2D eigenvalue weighted by Gasteiger charge is -2.39. The number of benzene rings is 1. The Morgan fingerprint density at radius 3 is 2.63 bits per heavy atom. The Kier molecular flexibility index (Phi) is 3.31. The summed E-state index contributed by atoms with van der Waals surface area (Å²) in [6.45, 7) is 5.15. The SMILES string of the molecule is CC1(C(=O)N2CCc3ccccc3C2)CCOCC1. The third kappa shape index (κ3) is 2.39. The zero-order chi connectivity index (χ0) is 13.3. The van der Waals surface area contributed by atoms with E-state index in [1.807, 2.05) is 4.90 Å². The molecule has 0 unspecified atom stereocenters. The highest BCUT2D eigenvalue weighted by atomic mass is 16.5. The van der Waals surface area contributed by atoms with Gasteiger partial charge in [0, 0.05) is 26.3 Å². The highest BCUT2D eigenvalue weighted by Crippen LogP contribution is 2.33. The molecule has 3 nitrogen and oxygen atoms in total. The van der Waals surface area contributed by atoms with Crippen molar-refractivity contribution in [2.75, 3.05) is 19.8 Å². The molecule has 0 spiro atoms. The van der Waals surface area contributed by atoms with Crippen LogP contribution in [0.5, 0.6) is 0 Å². The largest absolute Gasteiger partial charge is 0.381 e. The number of hydrogen-bond acceptors (Lipinski definition) is 2. The zero-order valence-corrected chi connectivity index (χ0v) is 11.5. The lowest BCUT2D eigenvalue weighted by Crippen LogP contribution is -2.47. The number of amides is 1. The van der Waals surface area contributed by atoms with E-state index in [1.54, 1.807) is 0 Å². The summed E-state index contributed by atoms with van der Waals surface area (Å²) >= 11 is 0. The number of rotatable bonds is 1. The molecule has 3 heteroatoms. The minimum absolute atomic E-state index is 0.218. The maximum atomic E-state index is 12.8. The van der Waals surface area contributed by atoms with E-state index in [9.17, 15) is 4.79 Å². The Balaban J connectivity index is 1.75. The van der Waals surface area contributed by atoms with Gasteiger partial charge in [0.1, 0.15) is 0 Å². The standard InChI is InChI=1S/C16H21NO2/c1-16(7-10-19-11-8-16)15(18)17-9-6-13-4-2-3-5-14(13)12-17/h2-5H,6-12H2,1H3. The van der Waals surface area contributed by atoms with Crippen LogP contribution in [-0.4, -0.2) is 30.6 Å². The summed E-state index contributed by atoms with van der Waals surface area (Å²) in [5.74, 6) is 0.310. The van der Waals surface area contributed by atoms with E-state index < -0.39 is 0 Å². The van der Waals surface area contributed by atoms with Crippen LogP contribution in [0.1, 0.15) is 30.9 Å². The fraction of sp³-hybridized carbons (Fsp3) is 0.562. The Morgan fingerprint density at radius 2 is 1.89 bits per heavy atom. The predicted molar refractivity (Wildman–Crippen MR) is 73.7 cm³/mol. The van der Waals surface area contributed by atoms with Crippen LogP contribution < -0.4 is 0 Å². The smallest absolute Gasteiger partial charge is 0.228 e. The molecule has 2 aliphatic heterocycles. The summed E-state index contributed by atoms with van der Waals surface area (Å²) in [5, 5.41) is 0. The highest BCUT2D eigenvalue weighted by Gasteiger charge is 2.38. The lowest BCUT2D eigenvalue weighted by atomic mass is 9.80. The molecule has 102 valence electrons. The second-order valence-corrected chi connectivity index (χ2v) is 5.92. The van der Waals surface area contributed by atoms with Crippen LogP contribution >= 0.6 is 0 Å². The van der Waals surface area contributed by atoms with Crippen molar-refractivity contribution in [3.05, 3.63) is 35.4 Å². The number of ether oxygens (including phenoxy) is 1. The summed E-state index contributed by atoms with van der Waals surface area (Å²) in [4.78, 5) is 14.8. The zero-order valence-electron chi connectivity index (χ0n) is 11.5. The monoisotopic (exact) mass is 259 g/mol. The normalized spacial score (nSPS) is 21.8. The van der Waals surface area contributed by atoms with Crippen molar-refractivity contribution in [2.24, 2.45) is 5.41 Å². The number of hydrogen-bond donors (Lipinski definition) is 0. The number of fused-ring (bicyclic) bond motifs is 1. The molecule has 0 bridgehead atoms. The molecule has 2 heterocycles. The maximum Gasteiger partial charge on any atom is 0.228 e. The maximum absolute atomic E-state index is 12.8. The first-order valence-corrected chi connectivity index (χ1v) is 7.13. The van der Waals surface area contributed by atoms with E-state index in [4.69, 9.17) is 4.74 Å². The Hall–Kier alpha value is -1.35. The second kappa shape index (κ2) is 4.97. The van der Waals surface area contributed by atoms with Crippen LogP contribution in [0.2, 0.25) is 0 Å². The summed E-state index contributed by atoms with van der Waals surface area (Å²) in [6.07, 6.45) is 2.68. The molecule has 2 aliphatic rings. The summed E-state index contributed by atoms with van der Waals surface area (Å²) in [5.41, 5.74) is 2.48. The van der Waals surface area contributed by atoms with E-state index in [2.05, 4.69) is 31.2 Å². The average molecular weight is 259 g/mol. The molecule has 19 heavy (non-hydrogen) atoms. The van der Waals surface area contributed by atoms with Crippen LogP contribution in [0.4, 0.5) is 0 Å². The Morgan fingerprint density at radius 1 is 1.21 bits per heavy atom. The molecule has 1 amide bonds. The lowest BCUT2D eigenvalue weighted by molar-refractivity contribution is -0.147. The number of carbonyl (C=O) groups excluding carboxylic acids is 1. The van der Waals surface area contributed by atoms with Crippen molar-refractivity contribution in [3.63, 3.8) is 0 Å². The number of carbonyl (C=O) groups is 1. The van der Waals surface area contributed by atoms with Crippen molar-refractivity contribution in [2.45, 2.75) is 32.7 Å². The van der Waals surface area contributed by atoms with Gasteiger partial charge in [-0.1, -0.05) is 31.2 Å². The van der Waals surface area contributed by atoms with Gasteiger partial charge in [0.25, 0.3) is 0 Å². The van der Waals surface area contributed by atoms with E-state index in [0.29, 0.717) is 19.1 Å². The third-order valence-electron chi connectivity index (χ3n) is 4.53. The molecular weight excluding hydrogens is 238 g/mol. The Labute approximate surface area is 114 Å². The van der Waals surface area contributed by atoms with Crippen molar-refractivity contribution in [1.82, 2.24) is 4.90 Å². The first kappa shape index (κ1) is 12.7. The van der Waals surface area contributed by atoms with Crippen LogP contribution in [0.25, 0.3) is 0 Å². The van der Waals surface area contributed by atoms with Gasteiger partial charge in [-0.15, -0.1) is 0 Å². The van der Waals surface area contributed by atoms with Crippen LogP contribution in [-0.2, 0) is 22.5 Å². The molecule has 3 rings (SSSR count). The highest BCUT2D eigenvalue weighted by molar-refractivity contribution is 5.82. The van der Waals surface area contributed by atoms with Crippen LogP contribution in [0.15, 0.2) is 24.3 Å². The minimum atomic E-state index is -0.218. The summed E-state index contributed by atoms with van der Waals surface area (Å²) in [6, 6.07) is 8.45. The molecule has 0 saturated carbocycles. The van der Waals surface area contributed by atoms with Crippen molar-refractivity contribution in [1.29, 1.82) is 0 Å². The van der Waals surface area contributed by atoms with Gasteiger partial charge in [0.05, 0.1) is 5.41 Å². The van der Waals surface area contributed by atoms with E-state index in [0.717, 1.165) is 32.4 Å². The van der Waals surface area contributed by atoms with Gasteiger partial charge >= 0.3 is 0 Å².